The fraction of sp³-hybridized carbons (Fsp3) is 0.0714. The maximum absolute atomic E-state index is 13.1. The number of anilines is 2. The summed E-state index contributed by atoms with van der Waals surface area (Å²) in [6, 6.07) is 7.92. The Morgan fingerprint density at radius 2 is 1.85 bits per heavy atom. The SMILES string of the molecule is CNc1ccc(Cl)cc1C(=O)Nc1ccc(F)c(F)c1. The average Bonchev–Trinajstić information content (AvgIpc) is 2.43. The van der Waals surface area contributed by atoms with Crippen LogP contribution in [0.4, 0.5) is 20.2 Å². The van der Waals surface area contributed by atoms with Gasteiger partial charge in [0.2, 0.25) is 0 Å². The second-order valence-electron chi connectivity index (χ2n) is 4.02. The second-order valence-corrected chi connectivity index (χ2v) is 4.46. The van der Waals surface area contributed by atoms with Crippen LogP contribution in [-0.2, 0) is 0 Å². The normalized spacial score (nSPS) is 10.2. The Bertz CT molecular complexity index is 662. The van der Waals surface area contributed by atoms with Crippen molar-refractivity contribution in [1.29, 1.82) is 0 Å². The molecule has 2 aromatic carbocycles. The van der Waals surface area contributed by atoms with Gasteiger partial charge < -0.3 is 10.6 Å². The zero-order chi connectivity index (χ0) is 14.7. The molecule has 0 aliphatic heterocycles. The first-order valence-corrected chi connectivity index (χ1v) is 6.13. The van der Waals surface area contributed by atoms with Crippen molar-refractivity contribution >= 4 is 28.9 Å². The van der Waals surface area contributed by atoms with E-state index < -0.39 is 17.5 Å². The number of hydrogen-bond donors (Lipinski definition) is 2. The number of amides is 1. The highest BCUT2D eigenvalue weighted by molar-refractivity contribution is 6.31. The highest BCUT2D eigenvalue weighted by Gasteiger charge is 2.12. The van der Waals surface area contributed by atoms with Crippen molar-refractivity contribution in [3.05, 3.63) is 58.6 Å². The third kappa shape index (κ3) is 3.05. The van der Waals surface area contributed by atoms with Crippen molar-refractivity contribution in [1.82, 2.24) is 0 Å². The molecular formula is C14H11ClF2N2O. The summed E-state index contributed by atoms with van der Waals surface area (Å²) in [5.41, 5.74) is 1.05. The lowest BCUT2D eigenvalue weighted by molar-refractivity contribution is 0.102. The summed E-state index contributed by atoms with van der Waals surface area (Å²) in [6.45, 7) is 0. The standard InChI is InChI=1S/C14H11ClF2N2O/c1-18-13-5-2-8(15)6-10(13)14(20)19-9-3-4-11(16)12(17)7-9/h2-7,18H,1H3,(H,19,20). The Labute approximate surface area is 119 Å². The van der Waals surface area contributed by atoms with Gasteiger partial charge in [-0.05, 0) is 30.3 Å². The first kappa shape index (κ1) is 14.3. The number of hydrogen-bond acceptors (Lipinski definition) is 2. The molecule has 2 rings (SSSR count). The topological polar surface area (TPSA) is 41.1 Å². The van der Waals surface area contributed by atoms with E-state index in [1.165, 1.54) is 12.1 Å². The van der Waals surface area contributed by atoms with E-state index >= 15 is 0 Å². The minimum Gasteiger partial charge on any atom is -0.387 e. The Hall–Kier alpha value is -2.14. The predicted molar refractivity (Wildman–Crippen MR) is 75.3 cm³/mol. The van der Waals surface area contributed by atoms with Crippen LogP contribution in [-0.4, -0.2) is 13.0 Å². The minimum absolute atomic E-state index is 0.163. The molecule has 0 heterocycles. The molecule has 2 N–H and O–H groups in total. The Balaban J connectivity index is 2.27. The van der Waals surface area contributed by atoms with Crippen LogP contribution in [0.2, 0.25) is 5.02 Å². The van der Waals surface area contributed by atoms with E-state index in [-0.39, 0.29) is 5.69 Å². The van der Waals surface area contributed by atoms with Gasteiger partial charge in [0.15, 0.2) is 11.6 Å². The summed E-state index contributed by atoms with van der Waals surface area (Å²) in [5, 5.41) is 5.74. The molecule has 0 spiro atoms. The van der Waals surface area contributed by atoms with Crippen LogP contribution in [0.3, 0.4) is 0 Å². The van der Waals surface area contributed by atoms with Crippen molar-refractivity contribution in [2.24, 2.45) is 0 Å². The van der Waals surface area contributed by atoms with Crippen LogP contribution in [0, 0.1) is 11.6 Å². The summed E-state index contributed by atoms with van der Waals surface area (Å²) in [6.07, 6.45) is 0. The Morgan fingerprint density at radius 3 is 2.50 bits per heavy atom. The molecule has 2 aromatic rings. The van der Waals surface area contributed by atoms with Crippen LogP contribution >= 0.6 is 11.6 Å². The summed E-state index contributed by atoms with van der Waals surface area (Å²) >= 11 is 5.85. The number of nitrogens with one attached hydrogen (secondary N) is 2. The van der Waals surface area contributed by atoms with Gasteiger partial charge in [-0.25, -0.2) is 8.78 Å². The van der Waals surface area contributed by atoms with Crippen molar-refractivity contribution in [2.75, 3.05) is 17.7 Å². The lowest BCUT2D eigenvalue weighted by atomic mass is 10.1. The van der Waals surface area contributed by atoms with E-state index in [9.17, 15) is 13.6 Å². The third-order valence-electron chi connectivity index (χ3n) is 2.67. The third-order valence-corrected chi connectivity index (χ3v) is 2.91. The van der Waals surface area contributed by atoms with Crippen LogP contribution in [0.15, 0.2) is 36.4 Å². The Kier molecular flexibility index (Phi) is 4.20. The average molecular weight is 297 g/mol. The van der Waals surface area contributed by atoms with Crippen molar-refractivity contribution < 1.29 is 13.6 Å². The number of carbonyl (C=O) groups is 1. The molecule has 20 heavy (non-hydrogen) atoms. The van der Waals surface area contributed by atoms with Gasteiger partial charge in [0, 0.05) is 29.5 Å². The predicted octanol–water partition coefficient (Wildman–Crippen LogP) is 3.91. The lowest BCUT2D eigenvalue weighted by Gasteiger charge is -2.10. The summed E-state index contributed by atoms with van der Waals surface area (Å²) in [5.74, 6) is -2.47. The molecule has 0 fully saturated rings. The molecule has 0 aliphatic carbocycles. The van der Waals surface area contributed by atoms with Crippen LogP contribution in [0.25, 0.3) is 0 Å². The van der Waals surface area contributed by atoms with E-state index in [4.69, 9.17) is 11.6 Å². The van der Waals surface area contributed by atoms with Gasteiger partial charge in [0.05, 0.1) is 5.56 Å². The lowest BCUT2D eigenvalue weighted by Crippen LogP contribution is -2.14. The zero-order valence-corrected chi connectivity index (χ0v) is 11.3. The smallest absolute Gasteiger partial charge is 0.257 e. The molecule has 0 saturated carbocycles. The number of halogens is 3. The van der Waals surface area contributed by atoms with Gasteiger partial charge in [0.25, 0.3) is 5.91 Å². The van der Waals surface area contributed by atoms with Crippen LogP contribution in [0.1, 0.15) is 10.4 Å². The van der Waals surface area contributed by atoms with Crippen molar-refractivity contribution in [3.63, 3.8) is 0 Å². The van der Waals surface area contributed by atoms with Gasteiger partial charge in [0.1, 0.15) is 0 Å². The first-order chi connectivity index (χ1) is 9.51. The number of benzene rings is 2. The molecule has 6 heteroatoms. The molecule has 0 atom stereocenters. The zero-order valence-electron chi connectivity index (χ0n) is 10.5. The largest absolute Gasteiger partial charge is 0.387 e. The van der Waals surface area contributed by atoms with E-state index in [1.807, 2.05) is 0 Å². The first-order valence-electron chi connectivity index (χ1n) is 5.75. The van der Waals surface area contributed by atoms with Crippen LogP contribution < -0.4 is 10.6 Å². The monoisotopic (exact) mass is 296 g/mol. The summed E-state index contributed by atoms with van der Waals surface area (Å²) in [7, 11) is 1.66. The molecule has 3 nitrogen and oxygen atoms in total. The van der Waals surface area contributed by atoms with E-state index in [0.717, 1.165) is 12.1 Å². The summed E-state index contributed by atoms with van der Waals surface area (Å²) < 4.78 is 25.9. The molecule has 0 unspecified atom stereocenters. The van der Waals surface area contributed by atoms with Crippen molar-refractivity contribution in [2.45, 2.75) is 0 Å². The fourth-order valence-electron chi connectivity index (χ4n) is 1.69. The summed E-state index contributed by atoms with van der Waals surface area (Å²) in [4.78, 5) is 12.1. The van der Waals surface area contributed by atoms with E-state index in [0.29, 0.717) is 16.3 Å². The van der Waals surface area contributed by atoms with Gasteiger partial charge in [-0.2, -0.15) is 0 Å². The molecule has 0 aromatic heterocycles. The quantitative estimate of drug-likeness (QED) is 0.901. The maximum atomic E-state index is 13.1. The van der Waals surface area contributed by atoms with Gasteiger partial charge in [-0.15, -0.1) is 0 Å². The highest BCUT2D eigenvalue weighted by Crippen LogP contribution is 2.22. The Morgan fingerprint density at radius 1 is 1.10 bits per heavy atom. The molecule has 0 radical (unpaired) electrons. The molecule has 104 valence electrons. The molecule has 0 saturated heterocycles. The second kappa shape index (κ2) is 5.88. The van der Waals surface area contributed by atoms with Gasteiger partial charge in [-0.3, -0.25) is 4.79 Å². The maximum Gasteiger partial charge on any atom is 0.257 e. The van der Waals surface area contributed by atoms with E-state index in [2.05, 4.69) is 10.6 Å². The minimum atomic E-state index is -1.03. The van der Waals surface area contributed by atoms with Crippen LogP contribution in [0.5, 0.6) is 0 Å². The van der Waals surface area contributed by atoms with E-state index in [1.54, 1.807) is 19.2 Å². The molecule has 1 amide bonds. The molecule has 0 bridgehead atoms. The highest BCUT2D eigenvalue weighted by atomic mass is 35.5. The molecular weight excluding hydrogens is 286 g/mol. The van der Waals surface area contributed by atoms with Gasteiger partial charge in [-0.1, -0.05) is 11.6 Å². The fourth-order valence-corrected chi connectivity index (χ4v) is 1.87. The van der Waals surface area contributed by atoms with Gasteiger partial charge >= 0.3 is 0 Å². The molecule has 0 aliphatic rings. The number of rotatable bonds is 3. The van der Waals surface area contributed by atoms with Crippen molar-refractivity contribution in [3.8, 4) is 0 Å². The number of carbonyl (C=O) groups excluding carboxylic acids is 1.